The van der Waals surface area contributed by atoms with Crippen LogP contribution >= 0.6 is 0 Å². The van der Waals surface area contributed by atoms with Crippen molar-refractivity contribution in [1.29, 1.82) is 0 Å². The molecule has 0 heterocycles. The third kappa shape index (κ3) is 3.80. The Kier molecular flexibility index (Phi) is 5.27. The van der Waals surface area contributed by atoms with Crippen LogP contribution in [0.2, 0.25) is 0 Å². The second-order valence-corrected chi connectivity index (χ2v) is 3.99. The maximum Gasteiger partial charge on any atom is 0.707 e. The molecule has 0 radical (unpaired) electrons. The number of hydrogen-bond acceptors (Lipinski definition) is 6. The molecule has 0 aliphatic rings. The Morgan fingerprint density at radius 3 is 1.94 bits per heavy atom. The van der Waals surface area contributed by atoms with E-state index in [2.05, 4.69) is 0 Å². The fraction of sp³-hybridized carbons (Fsp3) is 0.455. The summed E-state index contributed by atoms with van der Waals surface area (Å²) in [6.07, 6.45) is 0. The lowest BCUT2D eigenvalue weighted by atomic mass is 10.1. The molecule has 0 fully saturated rings. The van der Waals surface area contributed by atoms with Gasteiger partial charge in [0, 0.05) is 18.7 Å². The van der Waals surface area contributed by atoms with E-state index in [0.717, 1.165) is 5.56 Å². The van der Waals surface area contributed by atoms with Gasteiger partial charge in [-0.1, -0.05) is 0 Å². The zero-order valence-electron chi connectivity index (χ0n) is 11.0. The zero-order valence-corrected chi connectivity index (χ0v) is 11.0. The molecule has 0 saturated carbocycles. The van der Waals surface area contributed by atoms with Gasteiger partial charge in [0.25, 0.3) is 0 Å². The van der Waals surface area contributed by atoms with Crippen molar-refractivity contribution in [2.75, 3.05) is 28.3 Å². The predicted molar refractivity (Wildman–Crippen MR) is 67.8 cm³/mol. The highest BCUT2D eigenvalue weighted by Gasteiger charge is 2.17. The Morgan fingerprint density at radius 1 is 1.11 bits per heavy atom. The topological polar surface area (TPSA) is 71.4 Å². The van der Waals surface area contributed by atoms with E-state index in [4.69, 9.17) is 24.2 Å². The predicted octanol–water partition coefficient (Wildman–Crippen LogP) is 0.114. The van der Waals surface area contributed by atoms with Crippen LogP contribution in [0.5, 0.6) is 17.2 Å². The standard InChI is InChI=1S/C11H18BNO5/c1-13(2)7-9-10(16-3)5-8(18-12(14)15)6-11(9)17-4/h5-6,14-15H,7H2,1-4H3. The highest BCUT2D eigenvalue weighted by molar-refractivity contribution is 6.33. The van der Waals surface area contributed by atoms with E-state index >= 15 is 0 Å². The van der Waals surface area contributed by atoms with Gasteiger partial charge < -0.3 is 29.1 Å². The fourth-order valence-corrected chi connectivity index (χ4v) is 1.62. The van der Waals surface area contributed by atoms with Crippen LogP contribution in [0.15, 0.2) is 12.1 Å². The number of nitrogens with zero attached hydrogens (tertiary/aromatic N) is 1. The molecule has 7 heteroatoms. The van der Waals surface area contributed by atoms with Crippen LogP contribution in [0.3, 0.4) is 0 Å². The van der Waals surface area contributed by atoms with Crippen LogP contribution in [0.4, 0.5) is 0 Å². The summed E-state index contributed by atoms with van der Waals surface area (Å²) in [5.74, 6) is 1.40. The summed E-state index contributed by atoms with van der Waals surface area (Å²) in [7, 11) is 5.06. The lowest BCUT2D eigenvalue weighted by Crippen LogP contribution is -2.21. The van der Waals surface area contributed by atoms with Gasteiger partial charge >= 0.3 is 7.32 Å². The van der Waals surface area contributed by atoms with Crippen molar-refractivity contribution in [3.8, 4) is 17.2 Å². The SMILES string of the molecule is COc1cc(OB(O)O)cc(OC)c1CN(C)C. The van der Waals surface area contributed by atoms with Crippen molar-refractivity contribution in [2.24, 2.45) is 0 Å². The summed E-state index contributed by atoms with van der Waals surface area (Å²) in [5.41, 5.74) is 0.866. The van der Waals surface area contributed by atoms with Crippen molar-refractivity contribution in [2.45, 2.75) is 6.54 Å². The van der Waals surface area contributed by atoms with E-state index in [-0.39, 0.29) is 5.75 Å². The maximum atomic E-state index is 8.79. The minimum absolute atomic E-state index is 0.265. The summed E-state index contributed by atoms with van der Waals surface area (Å²) in [4.78, 5) is 1.97. The van der Waals surface area contributed by atoms with Crippen LogP contribution in [0, 0.1) is 0 Å². The van der Waals surface area contributed by atoms with Crippen LogP contribution in [-0.2, 0) is 6.54 Å². The molecule has 0 aromatic heterocycles. The largest absolute Gasteiger partial charge is 0.707 e. The lowest BCUT2D eigenvalue weighted by Gasteiger charge is -2.18. The van der Waals surface area contributed by atoms with Gasteiger partial charge in [0.2, 0.25) is 0 Å². The van der Waals surface area contributed by atoms with Gasteiger partial charge in [-0.25, -0.2) is 0 Å². The van der Waals surface area contributed by atoms with Gasteiger partial charge in [-0.2, -0.15) is 0 Å². The Hall–Kier alpha value is -1.44. The van der Waals surface area contributed by atoms with Gasteiger partial charge in [0.1, 0.15) is 17.2 Å². The van der Waals surface area contributed by atoms with Crippen LogP contribution in [-0.4, -0.2) is 50.6 Å². The van der Waals surface area contributed by atoms with Gasteiger partial charge in [-0.05, 0) is 14.1 Å². The second kappa shape index (κ2) is 6.48. The molecule has 0 bridgehead atoms. The minimum Gasteiger partial charge on any atom is -0.512 e. The van der Waals surface area contributed by atoms with E-state index < -0.39 is 7.32 Å². The van der Waals surface area contributed by atoms with Gasteiger partial charge in [-0.3, -0.25) is 0 Å². The normalized spacial score (nSPS) is 10.4. The number of benzene rings is 1. The average Bonchev–Trinajstić information content (AvgIpc) is 2.29. The molecule has 0 aliphatic heterocycles. The van der Waals surface area contributed by atoms with E-state index in [1.165, 1.54) is 14.2 Å². The molecule has 100 valence electrons. The number of hydrogen-bond donors (Lipinski definition) is 2. The number of ether oxygens (including phenoxy) is 2. The molecule has 0 atom stereocenters. The fourth-order valence-electron chi connectivity index (χ4n) is 1.62. The summed E-state index contributed by atoms with van der Waals surface area (Å²) in [6.45, 7) is 0.633. The Morgan fingerprint density at radius 2 is 1.61 bits per heavy atom. The maximum absolute atomic E-state index is 8.79. The molecule has 0 unspecified atom stereocenters. The third-order valence-corrected chi connectivity index (χ3v) is 2.30. The first-order chi connectivity index (χ1) is 8.47. The Balaban J connectivity index is 3.16. The van der Waals surface area contributed by atoms with E-state index in [9.17, 15) is 0 Å². The summed E-state index contributed by atoms with van der Waals surface area (Å²) in [5, 5.41) is 17.6. The molecule has 2 N–H and O–H groups in total. The van der Waals surface area contributed by atoms with E-state index in [0.29, 0.717) is 18.0 Å². The smallest absolute Gasteiger partial charge is 0.512 e. The van der Waals surface area contributed by atoms with Crippen molar-refractivity contribution in [3.63, 3.8) is 0 Å². The molecule has 1 aromatic carbocycles. The van der Waals surface area contributed by atoms with E-state index in [1.807, 2.05) is 19.0 Å². The highest BCUT2D eigenvalue weighted by atomic mass is 16.6. The summed E-state index contributed by atoms with van der Waals surface area (Å²) < 4.78 is 15.3. The molecule has 0 spiro atoms. The molecule has 0 aliphatic carbocycles. The average molecular weight is 255 g/mol. The van der Waals surface area contributed by atoms with Crippen LogP contribution in [0.25, 0.3) is 0 Å². The summed E-state index contributed by atoms with van der Waals surface area (Å²) in [6, 6.07) is 3.17. The molecule has 0 saturated heterocycles. The first-order valence-electron chi connectivity index (χ1n) is 5.40. The third-order valence-electron chi connectivity index (χ3n) is 2.30. The van der Waals surface area contributed by atoms with Crippen molar-refractivity contribution >= 4 is 7.32 Å². The van der Waals surface area contributed by atoms with Gasteiger partial charge in [0.05, 0.1) is 19.8 Å². The molecular formula is C11H18BNO5. The molecular weight excluding hydrogens is 237 g/mol. The second-order valence-electron chi connectivity index (χ2n) is 3.99. The molecule has 1 rings (SSSR count). The molecule has 1 aromatic rings. The first-order valence-corrected chi connectivity index (χ1v) is 5.40. The van der Waals surface area contributed by atoms with Gasteiger partial charge in [-0.15, -0.1) is 0 Å². The monoisotopic (exact) mass is 255 g/mol. The van der Waals surface area contributed by atoms with Crippen molar-refractivity contribution in [3.05, 3.63) is 17.7 Å². The number of rotatable bonds is 6. The number of methoxy groups -OCH3 is 2. The minimum atomic E-state index is -1.88. The Bertz CT molecular complexity index is 372. The Labute approximate surface area is 107 Å². The van der Waals surface area contributed by atoms with Crippen molar-refractivity contribution in [1.82, 2.24) is 4.90 Å². The van der Waals surface area contributed by atoms with Gasteiger partial charge in [0.15, 0.2) is 0 Å². The van der Waals surface area contributed by atoms with Crippen LogP contribution in [0.1, 0.15) is 5.56 Å². The summed E-state index contributed by atoms with van der Waals surface area (Å²) >= 11 is 0. The molecule has 0 amide bonds. The van der Waals surface area contributed by atoms with E-state index in [1.54, 1.807) is 12.1 Å². The first kappa shape index (κ1) is 14.6. The zero-order chi connectivity index (χ0) is 13.7. The van der Waals surface area contributed by atoms with Crippen molar-refractivity contribution < 1.29 is 24.2 Å². The molecule has 6 nitrogen and oxygen atoms in total. The highest BCUT2D eigenvalue weighted by Crippen LogP contribution is 2.34. The quantitative estimate of drug-likeness (QED) is 0.703. The lowest BCUT2D eigenvalue weighted by molar-refractivity contribution is 0.285. The molecule has 18 heavy (non-hydrogen) atoms. The van der Waals surface area contributed by atoms with Crippen LogP contribution < -0.4 is 14.1 Å².